The van der Waals surface area contributed by atoms with Crippen LogP contribution in [-0.4, -0.2) is 61.7 Å². The largest absolute Gasteiger partial charge is 0.444 e. The molecule has 2 rings (SSSR count). The molecule has 1 aliphatic rings. The number of nitrogens with zero attached hydrogens (tertiary/aromatic N) is 3. The van der Waals surface area contributed by atoms with Crippen molar-refractivity contribution in [3.8, 4) is 0 Å². The van der Waals surface area contributed by atoms with Gasteiger partial charge in [-0.1, -0.05) is 0 Å². The van der Waals surface area contributed by atoms with Crippen molar-refractivity contribution in [1.29, 1.82) is 0 Å². The fourth-order valence-corrected chi connectivity index (χ4v) is 2.62. The van der Waals surface area contributed by atoms with Crippen LogP contribution in [0.1, 0.15) is 45.5 Å². The van der Waals surface area contributed by atoms with Gasteiger partial charge in [0.2, 0.25) is 0 Å². The van der Waals surface area contributed by atoms with E-state index in [1.54, 1.807) is 4.90 Å². The van der Waals surface area contributed by atoms with Crippen molar-refractivity contribution in [3.05, 3.63) is 12.2 Å². The topological polar surface area (TPSA) is 112 Å². The molecule has 0 bridgehead atoms. The van der Waals surface area contributed by atoms with Crippen molar-refractivity contribution in [2.45, 2.75) is 45.3 Å². The summed E-state index contributed by atoms with van der Waals surface area (Å²) in [5.74, 6) is 0.333. The number of nitrogens with one attached hydrogen (secondary N) is 1. The number of aliphatic hydroxyl groups excluding tert-OH is 2. The van der Waals surface area contributed by atoms with Gasteiger partial charge >= 0.3 is 6.09 Å². The fraction of sp³-hybridized carbons (Fsp3) is 0.786. The summed E-state index contributed by atoms with van der Waals surface area (Å²) in [6, 6.07) is 0. The zero-order valence-corrected chi connectivity index (χ0v) is 13.2. The van der Waals surface area contributed by atoms with Crippen molar-refractivity contribution >= 4 is 6.09 Å². The summed E-state index contributed by atoms with van der Waals surface area (Å²) in [6.45, 7) is 6.11. The first-order chi connectivity index (χ1) is 10.3. The fourth-order valence-electron chi connectivity index (χ4n) is 2.62. The Morgan fingerprint density at radius 2 is 2.14 bits per heavy atom. The zero-order chi connectivity index (χ0) is 16.4. The molecular weight excluding hydrogens is 288 g/mol. The maximum Gasteiger partial charge on any atom is 0.410 e. The molecule has 22 heavy (non-hydrogen) atoms. The van der Waals surface area contributed by atoms with Gasteiger partial charge in [0.05, 0.1) is 6.61 Å². The van der Waals surface area contributed by atoms with E-state index in [9.17, 15) is 15.0 Å². The highest BCUT2D eigenvalue weighted by molar-refractivity contribution is 5.68. The smallest absolute Gasteiger partial charge is 0.410 e. The van der Waals surface area contributed by atoms with E-state index in [1.807, 2.05) is 20.8 Å². The SMILES string of the molecule is CC(C)(C)OC(=O)N1CCC(CO)(C(O)c2ncn[nH]2)CC1. The van der Waals surface area contributed by atoms with Crippen LogP contribution < -0.4 is 0 Å². The Morgan fingerprint density at radius 1 is 1.50 bits per heavy atom. The Balaban J connectivity index is 2.01. The normalized spacial score (nSPS) is 19.8. The van der Waals surface area contributed by atoms with Crippen molar-refractivity contribution in [3.63, 3.8) is 0 Å². The molecule has 124 valence electrons. The van der Waals surface area contributed by atoms with Gasteiger partial charge in [0, 0.05) is 18.5 Å². The third kappa shape index (κ3) is 3.56. The number of carbonyl (C=O) groups is 1. The lowest BCUT2D eigenvalue weighted by Crippen LogP contribution is -2.48. The Morgan fingerprint density at radius 3 is 2.59 bits per heavy atom. The number of piperidine rings is 1. The number of aliphatic hydroxyl groups is 2. The van der Waals surface area contributed by atoms with Crippen molar-refractivity contribution in [2.75, 3.05) is 19.7 Å². The Hall–Kier alpha value is -1.67. The first kappa shape index (κ1) is 16.7. The van der Waals surface area contributed by atoms with E-state index in [2.05, 4.69) is 15.2 Å². The number of hydrogen-bond acceptors (Lipinski definition) is 6. The van der Waals surface area contributed by atoms with Gasteiger partial charge in [-0.05, 0) is 33.6 Å². The summed E-state index contributed by atoms with van der Waals surface area (Å²) >= 11 is 0. The monoisotopic (exact) mass is 312 g/mol. The average Bonchev–Trinajstić information content (AvgIpc) is 2.99. The number of aromatic amines is 1. The van der Waals surface area contributed by atoms with E-state index < -0.39 is 17.1 Å². The van der Waals surface area contributed by atoms with Gasteiger partial charge in [0.1, 0.15) is 18.0 Å². The highest BCUT2D eigenvalue weighted by atomic mass is 16.6. The van der Waals surface area contributed by atoms with Gasteiger partial charge in [-0.15, -0.1) is 0 Å². The molecule has 8 heteroatoms. The highest BCUT2D eigenvalue weighted by Gasteiger charge is 2.43. The number of rotatable bonds is 3. The molecule has 0 aromatic carbocycles. The Kier molecular flexibility index (Phi) is 4.72. The molecule has 1 aromatic heterocycles. The minimum absolute atomic E-state index is 0.184. The molecule has 1 aliphatic heterocycles. The van der Waals surface area contributed by atoms with E-state index in [-0.39, 0.29) is 12.7 Å². The summed E-state index contributed by atoms with van der Waals surface area (Å²) < 4.78 is 5.35. The van der Waals surface area contributed by atoms with E-state index >= 15 is 0 Å². The number of hydrogen-bond donors (Lipinski definition) is 3. The molecule has 1 atom stereocenters. The van der Waals surface area contributed by atoms with Crippen LogP contribution in [-0.2, 0) is 4.74 Å². The van der Waals surface area contributed by atoms with Crippen LogP contribution in [0.25, 0.3) is 0 Å². The summed E-state index contributed by atoms with van der Waals surface area (Å²) in [4.78, 5) is 17.6. The molecule has 1 saturated heterocycles. The number of amides is 1. The molecule has 1 fully saturated rings. The van der Waals surface area contributed by atoms with Gasteiger partial charge < -0.3 is 19.8 Å². The minimum atomic E-state index is -0.944. The quantitative estimate of drug-likeness (QED) is 0.763. The molecule has 0 saturated carbocycles. The van der Waals surface area contributed by atoms with Crippen LogP contribution in [0.5, 0.6) is 0 Å². The molecule has 1 aromatic rings. The molecule has 0 spiro atoms. The maximum atomic E-state index is 12.1. The summed E-state index contributed by atoms with van der Waals surface area (Å²) in [5.41, 5.74) is -1.26. The molecular formula is C14H24N4O4. The second-order valence-corrected chi connectivity index (χ2v) is 6.76. The summed E-state index contributed by atoms with van der Waals surface area (Å²) in [5, 5.41) is 26.6. The first-order valence-corrected chi connectivity index (χ1v) is 7.39. The van der Waals surface area contributed by atoms with Crippen molar-refractivity contribution in [1.82, 2.24) is 20.1 Å². The van der Waals surface area contributed by atoms with E-state index in [1.165, 1.54) is 6.33 Å². The number of H-pyrrole nitrogens is 1. The lowest BCUT2D eigenvalue weighted by Gasteiger charge is -2.42. The third-order valence-corrected chi connectivity index (χ3v) is 4.00. The van der Waals surface area contributed by atoms with Crippen LogP contribution >= 0.6 is 0 Å². The number of likely N-dealkylation sites (tertiary alicyclic amines) is 1. The van der Waals surface area contributed by atoms with E-state index in [4.69, 9.17) is 4.74 Å². The highest BCUT2D eigenvalue weighted by Crippen LogP contribution is 2.41. The predicted octanol–water partition coefficient (Wildman–Crippen LogP) is 0.848. The van der Waals surface area contributed by atoms with Crippen LogP contribution in [0.4, 0.5) is 4.79 Å². The number of ether oxygens (including phenoxy) is 1. The van der Waals surface area contributed by atoms with Gasteiger partial charge in [-0.2, -0.15) is 5.10 Å². The van der Waals surface area contributed by atoms with Crippen LogP contribution in [0, 0.1) is 5.41 Å². The lowest BCUT2D eigenvalue weighted by molar-refractivity contribution is -0.0665. The molecule has 0 radical (unpaired) electrons. The predicted molar refractivity (Wildman–Crippen MR) is 77.9 cm³/mol. The molecule has 1 amide bonds. The van der Waals surface area contributed by atoms with Gasteiger partial charge in [0.25, 0.3) is 0 Å². The van der Waals surface area contributed by atoms with Crippen molar-refractivity contribution in [2.24, 2.45) is 5.41 Å². The van der Waals surface area contributed by atoms with Crippen molar-refractivity contribution < 1.29 is 19.7 Å². The summed E-state index contributed by atoms with van der Waals surface area (Å²) in [7, 11) is 0. The van der Waals surface area contributed by atoms with Crippen LogP contribution in [0.15, 0.2) is 6.33 Å². The van der Waals surface area contributed by atoms with Crippen LogP contribution in [0.3, 0.4) is 0 Å². The maximum absolute atomic E-state index is 12.1. The molecule has 8 nitrogen and oxygen atoms in total. The molecule has 0 aliphatic carbocycles. The van der Waals surface area contributed by atoms with E-state index in [0.29, 0.717) is 31.8 Å². The lowest BCUT2D eigenvalue weighted by atomic mass is 9.74. The third-order valence-electron chi connectivity index (χ3n) is 4.00. The van der Waals surface area contributed by atoms with Gasteiger partial charge in [-0.3, -0.25) is 5.10 Å². The van der Waals surface area contributed by atoms with Gasteiger partial charge in [-0.25, -0.2) is 9.78 Å². The second-order valence-electron chi connectivity index (χ2n) is 6.76. The second kappa shape index (κ2) is 6.21. The minimum Gasteiger partial charge on any atom is -0.444 e. The molecule has 3 N–H and O–H groups in total. The summed E-state index contributed by atoms with van der Waals surface area (Å²) in [6.07, 6.45) is 0.934. The Bertz CT molecular complexity index is 489. The zero-order valence-electron chi connectivity index (χ0n) is 13.2. The standard InChI is InChI=1S/C14H24N4O4/c1-13(2,3)22-12(21)18-6-4-14(8-19,5-7-18)10(20)11-15-9-16-17-11/h9-10,19-20H,4-8H2,1-3H3,(H,15,16,17). The van der Waals surface area contributed by atoms with E-state index in [0.717, 1.165) is 0 Å². The molecule has 2 heterocycles. The van der Waals surface area contributed by atoms with Crippen LogP contribution in [0.2, 0.25) is 0 Å². The average molecular weight is 312 g/mol. The van der Waals surface area contributed by atoms with Gasteiger partial charge in [0.15, 0.2) is 5.82 Å². The molecule has 1 unspecified atom stereocenters. The first-order valence-electron chi connectivity index (χ1n) is 7.39. The number of aromatic nitrogens is 3. The Labute approximate surface area is 129 Å². The number of carbonyl (C=O) groups excluding carboxylic acids is 1.